The molecule has 0 radical (unpaired) electrons. The monoisotopic (exact) mass is 687 g/mol. The number of amides is 4. The lowest BCUT2D eigenvalue weighted by Crippen LogP contribution is -2.55. The first-order valence-electron chi connectivity index (χ1n) is 17.0. The normalized spacial score (nSPS) is 25.1. The van der Waals surface area contributed by atoms with E-state index in [0.29, 0.717) is 53.0 Å². The van der Waals surface area contributed by atoms with Crippen molar-refractivity contribution in [2.45, 2.75) is 76.3 Å². The number of carbonyl (C=O) groups is 5. The van der Waals surface area contributed by atoms with E-state index in [-0.39, 0.29) is 48.9 Å². The molecule has 13 heteroatoms. The van der Waals surface area contributed by atoms with Gasteiger partial charge in [-0.1, -0.05) is 48.9 Å². The summed E-state index contributed by atoms with van der Waals surface area (Å²) in [6.45, 7) is 1.95. The van der Waals surface area contributed by atoms with Crippen molar-refractivity contribution in [1.82, 2.24) is 25.8 Å². The molecule has 2 aliphatic heterocycles. The topological polar surface area (TPSA) is 150 Å². The average molecular weight is 689 g/mol. The van der Waals surface area contributed by atoms with Gasteiger partial charge in [-0.3, -0.25) is 24.0 Å². The zero-order valence-corrected chi connectivity index (χ0v) is 28.0. The minimum Gasteiger partial charge on any atom is -0.379 e. The highest BCUT2D eigenvalue weighted by atomic mass is 35.5. The highest BCUT2D eigenvalue weighted by molar-refractivity contribution is 6.39. The van der Waals surface area contributed by atoms with Gasteiger partial charge in [0.2, 0.25) is 17.6 Å². The van der Waals surface area contributed by atoms with E-state index < -0.39 is 35.6 Å². The molecule has 0 bridgehead atoms. The second kappa shape index (κ2) is 15.0. The number of benzene rings is 1. The molecular weight excluding hydrogens is 645 g/mol. The number of likely N-dealkylation sites (tertiary alicyclic amines) is 1. The van der Waals surface area contributed by atoms with Gasteiger partial charge in [-0.2, -0.15) is 0 Å². The second-order valence-electron chi connectivity index (χ2n) is 13.6. The van der Waals surface area contributed by atoms with Gasteiger partial charge in [0, 0.05) is 48.1 Å². The van der Waals surface area contributed by atoms with Crippen LogP contribution < -0.4 is 16.0 Å². The van der Waals surface area contributed by atoms with Gasteiger partial charge in [-0.25, -0.2) is 0 Å². The summed E-state index contributed by atoms with van der Waals surface area (Å²) in [6.07, 6.45) is 8.84. The van der Waals surface area contributed by atoms with Crippen LogP contribution in [0.1, 0.15) is 74.7 Å². The van der Waals surface area contributed by atoms with Gasteiger partial charge in [-0.15, -0.1) is 0 Å². The lowest BCUT2D eigenvalue weighted by Gasteiger charge is -2.31. The molecule has 4 N–H and O–H groups in total. The van der Waals surface area contributed by atoms with Crippen molar-refractivity contribution < 1.29 is 28.7 Å². The first-order valence-corrected chi connectivity index (χ1v) is 17.7. The Hall–Kier alpha value is -3.15. The van der Waals surface area contributed by atoms with Crippen LogP contribution in [0.4, 0.5) is 0 Å². The number of fused-ring (bicyclic) bond motifs is 2. The number of ether oxygens (including phenoxy) is 1. The van der Waals surface area contributed by atoms with E-state index in [0.717, 1.165) is 38.5 Å². The molecule has 254 valence electrons. The predicted molar refractivity (Wildman–Crippen MR) is 177 cm³/mol. The fourth-order valence-electron chi connectivity index (χ4n) is 8.00. The van der Waals surface area contributed by atoms with E-state index in [9.17, 15) is 24.0 Å². The second-order valence-corrected chi connectivity index (χ2v) is 14.4. The largest absolute Gasteiger partial charge is 0.379 e. The molecular formula is C34H43Cl2N5O6. The molecule has 2 aliphatic carbocycles. The zero-order chi connectivity index (χ0) is 33.1. The van der Waals surface area contributed by atoms with Gasteiger partial charge in [0.05, 0.1) is 17.7 Å². The molecule has 3 heterocycles. The Bertz CT molecular complexity index is 1520. The fraction of sp³-hybridized carbons (Fsp3) is 0.618. The molecule has 0 spiro atoms. The van der Waals surface area contributed by atoms with Crippen molar-refractivity contribution >= 4 is 63.5 Å². The van der Waals surface area contributed by atoms with Crippen molar-refractivity contribution in [3.63, 3.8) is 0 Å². The van der Waals surface area contributed by atoms with Crippen LogP contribution in [0.15, 0.2) is 18.2 Å². The molecule has 11 nitrogen and oxygen atoms in total. The van der Waals surface area contributed by atoms with Crippen molar-refractivity contribution in [2.24, 2.45) is 23.7 Å². The molecule has 2 saturated carbocycles. The van der Waals surface area contributed by atoms with E-state index in [1.54, 1.807) is 23.1 Å². The molecule has 6 rings (SSSR count). The van der Waals surface area contributed by atoms with Crippen molar-refractivity contribution in [2.75, 3.05) is 32.8 Å². The van der Waals surface area contributed by atoms with E-state index in [1.807, 2.05) is 0 Å². The molecule has 47 heavy (non-hydrogen) atoms. The van der Waals surface area contributed by atoms with E-state index in [2.05, 4.69) is 20.9 Å². The van der Waals surface area contributed by atoms with Crippen molar-refractivity contribution in [3.8, 4) is 0 Å². The fourth-order valence-corrected chi connectivity index (χ4v) is 8.55. The quantitative estimate of drug-likeness (QED) is 0.196. The highest BCUT2D eigenvalue weighted by Crippen LogP contribution is 2.41. The Morgan fingerprint density at radius 2 is 1.77 bits per heavy atom. The zero-order valence-electron chi connectivity index (χ0n) is 26.5. The van der Waals surface area contributed by atoms with Gasteiger partial charge in [-0.05, 0) is 74.5 Å². The molecule has 1 aromatic heterocycles. The predicted octanol–water partition coefficient (Wildman–Crippen LogP) is 4.01. The number of hydrogen-bond acceptors (Lipinski definition) is 6. The van der Waals surface area contributed by atoms with Crippen molar-refractivity contribution in [1.29, 1.82) is 0 Å². The van der Waals surface area contributed by atoms with E-state index in [1.165, 1.54) is 12.8 Å². The summed E-state index contributed by atoms with van der Waals surface area (Å²) >= 11 is 12.6. The lowest BCUT2D eigenvalue weighted by molar-refractivity contribution is -0.141. The van der Waals surface area contributed by atoms with E-state index >= 15 is 0 Å². The number of aromatic nitrogens is 1. The summed E-state index contributed by atoms with van der Waals surface area (Å²) in [7, 11) is 0. The van der Waals surface area contributed by atoms with Crippen LogP contribution in [0.3, 0.4) is 0 Å². The Morgan fingerprint density at radius 1 is 1.00 bits per heavy atom. The number of carbonyl (C=O) groups excluding carboxylic acids is 5. The summed E-state index contributed by atoms with van der Waals surface area (Å²) in [5, 5.41) is 9.71. The average Bonchev–Trinajstić information content (AvgIpc) is 3.86. The van der Waals surface area contributed by atoms with Gasteiger partial charge in [0.25, 0.3) is 11.8 Å². The van der Waals surface area contributed by atoms with Gasteiger partial charge in [0.15, 0.2) is 0 Å². The molecule has 4 amide bonds. The third kappa shape index (κ3) is 7.62. The number of aromatic amines is 1. The highest BCUT2D eigenvalue weighted by Gasteiger charge is 2.49. The minimum atomic E-state index is -1.22. The number of H-pyrrole nitrogens is 1. The molecule has 4 aliphatic rings. The third-order valence-electron chi connectivity index (χ3n) is 10.5. The number of nitrogens with zero attached hydrogens (tertiary/aromatic N) is 1. The summed E-state index contributed by atoms with van der Waals surface area (Å²) in [6, 6.07) is 2.91. The summed E-state index contributed by atoms with van der Waals surface area (Å²) in [4.78, 5) is 71.9. The van der Waals surface area contributed by atoms with Crippen LogP contribution in [-0.2, 0) is 23.9 Å². The van der Waals surface area contributed by atoms with Crippen LogP contribution in [0, 0.1) is 23.7 Å². The van der Waals surface area contributed by atoms with Crippen LogP contribution in [0.2, 0.25) is 10.0 Å². The molecule has 1 aromatic carbocycles. The number of Topliss-reactive ketones (excluding diaryl/α,β-unsaturated/α-hetero) is 1. The smallest absolute Gasteiger partial charge is 0.289 e. The molecule has 0 unspecified atom stereocenters. The first kappa shape index (κ1) is 33.7. The molecule has 4 fully saturated rings. The first-order chi connectivity index (χ1) is 22.7. The molecule has 2 saturated heterocycles. The Kier molecular flexibility index (Phi) is 10.7. The number of nitrogens with one attached hydrogen (secondary N) is 4. The molecule has 5 atom stereocenters. The maximum Gasteiger partial charge on any atom is 0.289 e. The summed E-state index contributed by atoms with van der Waals surface area (Å²) in [5.74, 6) is -2.62. The maximum atomic E-state index is 14.2. The SMILES string of the molecule is O=C(NCCOCC1CCCC1)C(=O)[C@H](C[C@@H]1CCNC1=O)NC(=O)[C@@H]1[C@H]2CCCC[C@H]2CN1C(=O)c1cc2c(Cl)cc(Cl)cc2[nH]1. The summed E-state index contributed by atoms with van der Waals surface area (Å²) in [5.41, 5.74) is 0.893. The van der Waals surface area contributed by atoms with Crippen LogP contribution in [0.25, 0.3) is 10.9 Å². The molecule has 2 aromatic rings. The lowest BCUT2D eigenvalue weighted by atomic mass is 9.78. The van der Waals surface area contributed by atoms with Gasteiger partial charge >= 0.3 is 0 Å². The number of ketones is 1. The summed E-state index contributed by atoms with van der Waals surface area (Å²) < 4.78 is 5.71. The Labute approximate surface area is 284 Å². The minimum absolute atomic E-state index is 0.00194. The van der Waals surface area contributed by atoms with Gasteiger partial charge in [0.1, 0.15) is 11.7 Å². The number of hydrogen-bond donors (Lipinski definition) is 4. The maximum absolute atomic E-state index is 14.2. The van der Waals surface area contributed by atoms with Gasteiger partial charge < -0.3 is 30.6 Å². The Balaban J connectivity index is 1.17. The standard InChI is InChI=1S/C34H43Cl2N5O6/c35-22-14-25(36)24-16-28(39-26(24)15-22)34(46)41-17-21-7-3-4-8-23(21)29(41)32(44)40-27(13-20-9-10-37-31(20)43)30(42)33(45)38-11-12-47-18-19-5-1-2-6-19/h14-16,19-21,23,27,29,39H,1-13,17-18H2,(H,37,43)(H,38,45)(H,40,44)/t20-,21-,23-,27-,29-/m0/s1. The third-order valence-corrected chi connectivity index (χ3v) is 11.0. The Morgan fingerprint density at radius 3 is 2.53 bits per heavy atom. The van der Waals surface area contributed by atoms with Crippen LogP contribution in [-0.4, -0.2) is 84.2 Å². The van der Waals surface area contributed by atoms with E-state index in [4.69, 9.17) is 27.9 Å². The number of halogens is 2. The number of rotatable bonds is 12. The van der Waals surface area contributed by atoms with Crippen molar-refractivity contribution in [3.05, 3.63) is 33.9 Å². The van der Waals surface area contributed by atoms with Crippen LogP contribution >= 0.6 is 23.2 Å². The van der Waals surface area contributed by atoms with Crippen LogP contribution in [0.5, 0.6) is 0 Å².